The standard InChI is InChI=1S/C27H22N2O6/c1-16(18-6-4-3-5-7-18)29-25(32)22-13-10-20(14-23(22)26(29)33)27(34)35-15-24(31)28-21-11-8-19(9-12-21)17(2)30/h3-14,16H,15H2,1-2H3,(H,28,31)/t16-/m0/s1. The van der Waals surface area contributed by atoms with Gasteiger partial charge in [0.15, 0.2) is 12.4 Å². The first-order valence-electron chi connectivity index (χ1n) is 10.9. The number of imide groups is 1. The lowest BCUT2D eigenvalue weighted by Gasteiger charge is -2.22. The fourth-order valence-electron chi connectivity index (χ4n) is 3.82. The van der Waals surface area contributed by atoms with Gasteiger partial charge in [0.1, 0.15) is 0 Å². The van der Waals surface area contributed by atoms with Crippen LogP contribution in [-0.4, -0.2) is 41.0 Å². The Balaban J connectivity index is 1.40. The number of carbonyl (C=O) groups is 5. The maximum Gasteiger partial charge on any atom is 0.338 e. The van der Waals surface area contributed by atoms with E-state index in [1.54, 1.807) is 31.2 Å². The molecule has 0 unspecified atom stereocenters. The highest BCUT2D eigenvalue weighted by Crippen LogP contribution is 2.31. The Labute approximate surface area is 201 Å². The Morgan fingerprint density at radius 3 is 2.14 bits per heavy atom. The van der Waals surface area contributed by atoms with Crippen LogP contribution in [0.1, 0.15) is 66.9 Å². The average Bonchev–Trinajstić information content (AvgIpc) is 3.12. The highest BCUT2D eigenvalue weighted by atomic mass is 16.5. The van der Waals surface area contributed by atoms with Gasteiger partial charge in [0.05, 0.1) is 22.7 Å². The molecule has 0 saturated heterocycles. The fourth-order valence-corrected chi connectivity index (χ4v) is 3.82. The predicted octanol–water partition coefficient (Wildman–Crippen LogP) is 4.04. The van der Waals surface area contributed by atoms with Crippen LogP contribution in [-0.2, 0) is 9.53 Å². The van der Waals surface area contributed by atoms with Crippen molar-refractivity contribution in [1.29, 1.82) is 0 Å². The van der Waals surface area contributed by atoms with Crippen LogP contribution >= 0.6 is 0 Å². The number of nitrogens with zero attached hydrogens (tertiary/aromatic N) is 1. The van der Waals surface area contributed by atoms with Crippen LogP contribution in [0.3, 0.4) is 0 Å². The lowest BCUT2D eigenvalue weighted by molar-refractivity contribution is -0.119. The summed E-state index contributed by atoms with van der Waals surface area (Å²) in [6.45, 7) is 2.66. The van der Waals surface area contributed by atoms with Crippen molar-refractivity contribution in [2.75, 3.05) is 11.9 Å². The van der Waals surface area contributed by atoms with Crippen molar-refractivity contribution in [3.63, 3.8) is 0 Å². The Hall–Kier alpha value is -4.59. The van der Waals surface area contributed by atoms with E-state index in [0.717, 1.165) is 5.56 Å². The molecule has 4 rings (SSSR count). The zero-order valence-electron chi connectivity index (χ0n) is 19.1. The maximum atomic E-state index is 13.0. The van der Waals surface area contributed by atoms with Gasteiger partial charge in [-0.1, -0.05) is 30.3 Å². The molecule has 1 aliphatic rings. The van der Waals surface area contributed by atoms with Crippen LogP contribution in [0.15, 0.2) is 72.8 Å². The zero-order chi connectivity index (χ0) is 25.1. The van der Waals surface area contributed by atoms with E-state index in [4.69, 9.17) is 4.74 Å². The molecule has 0 fully saturated rings. The molecule has 0 radical (unpaired) electrons. The number of Topliss-reactive ketones (excluding diaryl/α,β-unsaturated/α-hetero) is 1. The minimum Gasteiger partial charge on any atom is -0.452 e. The highest BCUT2D eigenvalue weighted by Gasteiger charge is 2.39. The molecule has 8 nitrogen and oxygen atoms in total. The number of hydrogen-bond acceptors (Lipinski definition) is 6. The van der Waals surface area contributed by atoms with Gasteiger partial charge in [0.2, 0.25) is 0 Å². The number of esters is 1. The SMILES string of the molecule is CC(=O)c1ccc(NC(=O)COC(=O)c2ccc3c(c2)C(=O)N([C@@H](C)c2ccccc2)C3=O)cc1. The van der Waals surface area contributed by atoms with Crippen LogP contribution in [0.5, 0.6) is 0 Å². The zero-order valence-corrected chi connectivity index (χ0v) is 19.1. The van der Waals surface area contributed by atoms with Crippen LogP contribution in [0.2, 0.25) is 0 Å². The minimum absolute atomic E-state index is 0.0534. The molecule has 3 aromatic rings. The first kappa shape index (κ1) is 23.6. The van der Waals surface area contributed by atoms with Gasteiger partial charge in [-0.25, -0.2) is 4.79 Å². The first-order chi connectivity index (χ1) is 16.8. The number of ether oxygens (including phenoxy) is 1. The molecule has 0 aromatic heterocycles. The van der Waals surface area contributed by atoms with E-state index in [0.29, 0.717) is 11.3 Å². The van der Waals surface area contributed by atoms with E-state index >= 15 is 0 Å². The quantitative estimate of drug-likeness (QED) is 0.317. The third-order valence-electron chi connectivity index (χ3n) is 5.73. The van der Waals surface area contributed by atoms with E-state index in [2.05, 4.69) is 5.32 Å². The monoisotopic (exact) mass is 470 g/mol. The second kappa shape index (κ2) is 9.72. The molecule has 0 bridgehead atoms. The molecule has 1 N–H and O–H groups in total. The van der Waals surface area contributed by atoms with E-state index in [1.807, 2.05) is 30.3 Å². The van der Waals surface area contributed by atoms with Gasteiger partial charge >= 0.3 is 5.97 Å². The van der Waals surface area contributed by atoms with Crippen molar-refractivity contribution in [3.05, 3.63) is 101 Å². The summed E-state index contributed by atoms with van der Waals surface area (Å²) in [5.74, 6) is -2.39. The summed E-state index contributed by atoms with van der Waals surface area (Å²) in [5.41, 5.74) is 2.14. The third kappa shape index (κ3) is 4.86. The van der Waals surface area contributed by atoms with Gasteiger partial charge in [-0.15, -0.1) is 0 Å². The number of benzene rings is 3. The van der Waals surface area contributed by atoms with Crippen molar-refractivity contribution in [1.82, 2.24) is 4.90 Å². The Kier molecular flexibility index (Phi) is 6.55. The number of fused-ring (bicyclic) bond motifs is 1. The second-order valence-electron chi connectivity index (χ2n) is 8.09. The third-order valence-corrected chi connectivity index (χ3v) is 5.73. The maximum absolute atomic E-state index is 13.0. The Morgan fingerprint density at radius 2 is 1.49 bits per heavy atom. The molecule has 0 saturated carbocycles. The lowest BCUT2D eigenvalue weighted by Crippen LogP contribution is -2.32. The van der Waals surface area contributed by atoms with E-state index in [-0.39, 0.29) is 22.5 Å². The average molecular weight is 470 g/mol. The smallest absolute Gasteiger partial charge is 0.338 e. The normalized spacial score (nSPS) is 13.3. The van der Waals surface area contributed by atoms with Crippen LogP contribution in [0.4, 0.5) is 5.69 Å². The summed E-state index contributed by atoms with van der Waals surface area (Å²) >= 11 is 0. The highest BCUT2D eigenvalue weighted by molar-refractivity contribution is 6.22. The topological polar surface area (TPSA) is 110 Å². The number of rotatable bonds is 7. The molecule has 1 aliphatic heterocycles. The summed E-state index contributed by atoms with van der Waals surface area (Å²) in [5, 5.41) is 2.57. The molecule has 8 heteroatoms. The summed E-state index contributed by atoms with van der Waals surface area (Å²) in [7, 11) is 0. The van der Waals surface area contributed by atoms with Gasteiger partial charge in [-0.2, -0.15) is 0 Å². The summed E-state index contributed by atoms with van der Waals surface area (Å²) in [6.07, 6.45) is 0. The van der Waals surface area contributed by atoms with Crippen molar-refractivity contribution < 1.29 is 28.7 Å². The van der Waals surface area contributed by atoms with E-state index < -0.39 is 36.3 Å². The molecular weight excluding hydrogens is 448 g/mol. The number of ketones is 1. The van der Waals surface area contributed by atoms with Crippen LogP contribution in [0.25, 0.3) is 0 Å². The molecule has 35 heavy (non-hydrogen) atoms. The number of carbonyl (C=O) groups excluding carboxylic acids is 5. The van der Waals surface area contributed by atoms with Gasteiger partial charge < -0.3 is 10.1 Å². The van der Waals surface area contributed by atoms with Crippen molar-refractivity contribution in [3.8, 4) is 0 Å². The summed E-state index contributed by atoms with van der Waals surface area (Å²) in [6, 6.07) is 19.1. The molecule has 3 amide bonds. The molecule has 0 aliphatic carbocycles. The number of anilines is 1. The van der Waals surface area contributed by atoms with Gasteiger partial charge in [0.25, 0.3) is 17.7 Å². The summed E-state index contributed by atoms with van der Waals surface area (Å²) < 4.78 is 5.07. The van der Waals surface area contributed by atoms with Crippen molar-refractivity contribution in [2.24, 2.45) is 0 Å². The van der Waals surface area contributed by atoms with Crippen LogP contribution < -0.4 is 5.32 Å². The predicted molar refractivity (Wildman–Crippen MR) is 127 cm³/mol. The number of hydrogen-bond donors (Lipinski definition) is 1. The van der Waals surface area contributed by atoms with Crippen LogP contribution in [0, 0.1) is 0 Å². The molecule has 176 valence electrons. The largest absolute Gasteiger partial charge is 0.452 e. The molecule has 0 spiro atoms. The first-order valence-corrected chi connectivity index (χ1v) is 10.9. The van der Waals surface area contributed by atoms with Gasteiger partial charge in [0, 0.05) is 11.3 Å². The fraction of sp³-hybridized carbons (Fsp3) is 0.148. The van der Waals surface area contributed by atoms with E-state index in [9.17, 15) is 24.0 Å². The molecule has 1 heterocycles. The number of amides is 3. The molecule has 1 atom stereocenters. The molecule has 3 aromatic carbocycles. The van der Waals surface area contributed by atoms with Crippen molar-refractivity contribution in [2.45, 2.75) is 19.9 Å². The summed E-state index contributed by atoms with van der Waals surface area (Å²) in [4.78, 5) is 63.0. The molecular formula is C27H22N2O6. The van der Waals surface area contributed by atoms with Crippen molar-refractivity contribution >= 4 is 35.2 Å². The van der Waals surface area contributed by atoms with Gasteiger partial charge in [-0.05, 0) is 61.9 Å². The Bertz CT molecular complexity index is 1330. The number of nitrogens with one attached hydrogen (secondary N) is 1. The van der Waals surface area contributed by atoms with E-state index in [1.165, 1.54) is 30.0 Å². The Morgan fingerprint density at radius 1 is 0.857 bits per heavy atom. The lowest BCUT2D eigenvalue weighted by atomic mass is 10.1. The second-order valence-corrected chi connectivity index (χ2v) is 8.09. The van der Waals surface area contributed by atoms with Gasteiger partial charge in [-0.3, -0.25) is 24.1 Å². The minimum atomic E-state index is -0.801.